The van der Waals surface area contributed by atoms with E-state index in [0.29, 0.717) is 31.6 Å². The smallest absolute Gasteiger partial charge is 0.410 e. The number of rotatable bonds is 2. The molecule has 3 atom stereocenters. The average Bonchev–Trinajstić information content (AvgIpc) is 3.05. The van der Waals surface area contributed by atoms with Crippen LogP contribution >= 0.6 is 0 Å². The molecular formula is C22H28N6O3. The van der Waals surface area contributed by atoms with E-state index < -0.39 is 0 Å². The number of hydrogen-bond acceptors (Lipinski definition) is 6. The molecule has 0 spiro atoms. The number of ether oxygens (including phenoxy) is 1. The summed E-state index contributed by atoms with van der Waals surface area (Å²) in [6.07, 6.45) is 11.0. The Kier molecular flexibility index (Phi) is 5.27. The number of likely N-dealkylation sites (tertiary alicyclic amines) is 1. The summed E-state index contributed by atoms with van der Waals surface area (Å²) in [6.45, 7) is 1.10. The van der Waals surface area contributed by atoms with Crippen molar-refractivity contribution < 1.29 is 9.53 Å². The predicted octanol–water partition coefficient (Wildman–Crippen LogP) is 1.79. The van der Waals surface area contributed by atoms with E-state index in [1.165, 1.54) is 0 Å². The Balaban J connectivity index is 1.24. The van der Waals surface area contributed by atoms with Crippen molar-refractivity contribution in [3.63, 3.8) is 0 Å². The van der Waals surface area contributed by atoms with Gasteiger partial charge in [0.1, 0.15) is 6.10 Å². The molecule has 2 fully saturated rings. The highest BCUT2D eigenvalue weighted by atomic mass is 16.6. The van der Waals surface area contributed by atoms with Gasteiger partial charge in [0.05, 0.1) is 11.6 Å². The van der Waals surface area contributed by atoms with E-state index in [4.69, 9.17) is 10.5 Å². The normalized spacial score (nSPS) is 26.7. The zero-order valence-electron chi connectivity index (χ0n) is 17.4. The minimum atomic E-state index is -0.289. The minimum absolute atomic E-state index is 0.00845. The molecule has 2 aromatic heterocycles. The van der Waals surface area contributed by atoms with Gasteiger partial charge < -0.3 is 20.7 Å². The molecule has 4 N–H and O–H groups in total. The Morgan fingerprint density at radius 3 is 2.90 bits per heavy atom. The van der Waals surface area contributed by atoms with Crippen LogP contribution in [0, 0.1) is 0 Å². The largest absolute Gasteiger partial charge is 0.444 e. The second-order valence-corrected chi connectivity index (χ2v) is 8.52. The molecule has 1 saturated heterocycles. The van der Waals surface area contributed by atoms with Gasteiger partial charge >= 0.3 is 11.8 Å². The first-order valence-corrected chi connectivity index (χ1v) is 11.0. The number of pyridine rings is 1. The first-order chi connectivity index (χ1) is 15.1. The fraction of sp³-hybridized carbons (Fsp3) is 0.500. The molecule has 3 aliphatic rings. The number of dihydropyridines is 1. The molecule has 5 rings (SSSR count). The number of aromatic amines is 1. The summed E-state index contributed by atoms with van der Waals surface area (Å²) >= 11 is 0. The monoisotopic (exact) mass is 424 g/mol. The summed E-state index contributed by atoms with van der Waals surface area (Å²) in [5.41, 5.74) is 8.66. The SMILES string of the molecule is N[C@H]1CCC[C@@H](OC(=O)N2CCC(n3c(=O)[nH]c4ncccc43)CC2)C2NC=CC=C21. The third-order valence-electron chi connectivity index (χ3n) is 6.65. The number of nitrogens with zero attached hydrogens (tertiary/aromatic N) is 3. The van der Waals surface area contributed by atoms with Crippen molar-refractivity contribution in [2.45, 2.75) is 56.3 Å². The maximum atomic E-state index is 12.9. The van der Waals surface area contributed by atoms with Crippen LogP contribution in [0.15, 0.2) is 47.0 Å². The molecule has 1 amide bonds. The first kappa shape index (κ1) is 19.9. The number of amides is 1. The molecule has 164 valence electrons. The van der Waals surface area contributed by atoms with Crippen LogP contribution in [0.3, 0.4) is 0 Å². The van der Waals surface area contributed by atoms with Crippen LogP contribution in [0.1, 0.15) is 38.1 Å². The lowest BCUT2D eigenvalue weighted by Gasteiger charge is -2.35. The molecule has 0 aromatic carbocycles. The van der Waals surface area contributed by atoms with Crippen LogP contribution in [0.25, 0.3) is 11.2 Å². The fourth-order valence-corrected chi connectivity index (χ4v) is 5.03. The van der Waals surface area contributed by atoms with Crippen LogP contribution in [0.4, 0.5) is 4.79 Å². The van der Waals surface area contributed by atoms with Crippen molar-refractivity contribution in [1.29, 1.82) is 0 Å². The molecule has 1 saturated carbocycles. The topological polar surface area (TPSA) is 118 Å². The number of aromatic nitrogens is 3. The maximum Gasteiger partial charge on any atom is 0.410 e. The number of carbonyl (C=O) groups is 1. The quantitative estimate of drug-likeness (QED) is 0.676. The Hall–Kier alpha value is -3.07. The Morgan fingerprint density at radius 1 is 1.23 bits per heavy atom. The molecule has 9 heteroatoms. The molecule has 2 aromatic rings. The van der Waals surface area contributed by atoms with E-state index in [1.807, 2.05) is 30.5 Å². The van der Waals surface area contributed by atoms with Crippen LogP contribution in [0.5, 0.6) is 0 Å². The average molecular weight is 425 g/mol. The summed E-state index contributed by atoms with van der Waals surface area (Å²) in [4.78, 5) is 34.2. The van der Waals surface area contributed by atoms with Crippen molar-refractivity contribution in [3.8, 4) is 0 Å². The van der Waals surface area contributed by atoms with Gasteiger partial charge in [0.15, 0.2) is 5.65 Å². The number of nitrogens with one attached hydrogen (secondary N) is 2. The van der Waals surface area contributed by atoms with Crippen molar-refractivity contribution in [1.82, 2.24) is 24.8 Å². The van der Waals surface area contributed by atoms with Crippen molar-refractivity contribution >= 4 is 17.3 Å². The molecule has 1 unspecified atom stereocenters. The van der Waals surface area contributed by atoms with Gasteiger partial charge in [-0.05, 0) is 62.1 Å². The van der Waals surface area contributed by atoms with Gasteiger partial charge in [-0.15, -0.1) is 0 Å². The second-order valence-electron chi connectivity index (χ2n) is 8.52. The van der Waals surface area contributed by atoms with E-state index >= 15 is 0 Å². The molecule has 4 heterocycles. The third kappa shape index (κ3) is 3.74. The van der Waals surface area contributed by atoms with Crippen LogP contribution in [-0.2, 0) is 4.74 Å². The number of carbonyl (C=O) groups excluding carboxylic acids is 1. The zero-order valence-corrected chi connectivity index (χ0v) is 17.4. The minimum Gasteiger partial charge on any atom is -0.444 e. The fourth-order valence-electron chi connectivity index (χ4n) is 5.03. The number of allylic oxidation sites excluding steroid dienone is 2. The van der Waals surface area contributed by atoms with Crippen LogP contribution in [0.2, 0.25) is 0 Å². The maximum absolute atomic E-state index is 12.9. The number of hydrogen-bond donors (Lipinski definition) is 3. The molecule has 2 aliphatic heterocycles. The lowest BCUT2D eigenvalue weighted by atomic mass is 9.95. The number of H-pyrrole nitrogens is 1. The Labute approximate surface area is 180 Å². The van der Waals surface area contributed by atoms with E-state index in [-0.39, 0.29) is 36.0 Å². The summed E-state index contributed by atoms with van der Waals surface area (Å²) in [5, 5.41) is 3.33. The molecule has 31 heavy (non-hydrogen) atoms. The number of imidazole rings is 1. The lowest BCUT2D eigenvalue weighted by Crippen LogP contribution is -2.48. The zero-order chi connectivity index (χ0) is 21.4. The number of nitrogens with two attached hydrogens (primary N) is 1. The third-order valence-corrected chi connectivity index (χ3v) is 6.65. The Morgan fingerprint density at radius 2 is 2.06 bits per heavy atom. The van der Waals surface area contributed by atoms with Crippen LogP contribution in [-0.4, -0.2) is 56.8 Å². The van der Waals surface area contributed by atoms with E-state index in [2.05, 4.69) is 15.3 Å². The van der Waals surface area contributed by atoms with Gasteiger partial charge in [-0.2, -0.15) is 0 Å². The van der Waals surface area contributed by atoms with Gasteiger partial charge in [-0.3, -0.25) is 9.55 Å². The summed E-state index contributed by atoms with van der Waals surface area (Å²) in [7, 11) is 0. The molecular weight excluding hydrogens is 396 g/mol. The summed E-state index contributed by atoms with van der Waals surface area (Å²) in [6, 6.07) is 3.68. The van der Waals surface area contributed by atoms with Crippen molar-refractivity contribution in [3.05, 3.63) is 52.7 Å². The molecule has 9 nitrogen and oxygen atoms in total. The molecule has 0 bridgehead atoms. The van der Waals surface area contributed by atoms with Gasteiger partial charge in [-0.25, -0.2) is 14.6 Å². The van der Waals surface area contributed by atoms with Gasteiger partial charge in [0, 0.05) is 31.4 Å². The van der Waals surface area contributed by atoms with E-state index in [1.54, 1.807) is 15.7 Å². The number of piperidine rings is 1. The number of fused-ring (bicyclic) bond motifs is 2. The van der Waals surface area contributed by atoms with Crippen molar-refractivity contribution in [2.75, 3.05) is 13.1 Å². The van der Waals surface area contributed by atoms with E-state index in [0.717, 1.165) is 30.4 Å². The van der Waals surface area contributed by atoms with Crippen molar-refractivity contribution in [2.24, 2.45) is 5.73 Å². The van der Waals surface area contributed by atoms with Gasteiger partial charge in [0.25, 0.3) is 0 Å². The molecule has 0 radical (unpaired) electrons. The predicted molar refractivity (Wildman–Crippen MR) is 116 cm³/mol. The second kappa shape index (κ2) is 8.22. The van der Waals surface area contributed by atoms with Gasteiger partial charge in [0.2, 0.25) is 0 Å². The highest BCUT2D eigenvalue weighted by Crippen LogP contribution is 2.29. The lowest BCUT2D eigenvalue weighted by molar-refractivity contribution is 0.0413. The molecule has 1 aliphatic carbocycles. The first-order valence-electron chi connectivity index (χ1n) is 11.0. The highest BCUT2D eigenvalue weighted by Gasteiger charge is 2.35. The van der Waals surface area contributed by atoms with Gasteiger partial charge in [-0.1, -0.05) is 6.08 Å². The summed E-state index contributed by atoms with van der Waals surface area (Å²) in [5.74, 6) is 0. The van der Waals surface area contributed by atoms with Crippen LogP contribution < -0.4 is 16.7 Å². The van der Waals surface area contributed by atoms with E-state index in [9.17, 15) is 9.59 Å². The highest BCUT2D eigenvalue weighted by molar-refractivity contribution is 5.70. The standard InChI is InChI=1S/C22H28N6O3/c23-16-5-1-7-18(19-15(16)4-2-10-24-19)31-22(30)27-12-8-14(9-13-27)28-17-6-3-11-25-20(17)26-21(28)29/h2-4,6,10-11,14,16,18-19,24H,1,5,7-9,12-13,23H2,(H,25,26,29)/t16-,18+,19?/m0/s1. The summed E-state index contributed by atoms with van der Waals surface area (Å²) < 4.78 is 7.73. The Bertz CT molecular complexity index is 1080.